The van der Waals surface area contributed by atoms with E-state index < -0.39 is 5.97 Å². The minimum absolute atomic E-state index is 0.294. The summed E-state index contributed by atoms with van der Waals surface area (Å²) in [6.07, 6.45) is 2.87. The van der Waals surface area contributed by atoms with Gasteiger partial charge < -0.3 is 10.4 Å². The van der Waals surface area contributed by atoms with Gasteiger partial charge in [-0.15, -0.1) is 0 Å². The third-order valence-corrected chi connectivity index (χ3v) is 2.60. The van der Waals surface area contributed by atoms with Crippen molar-refractivity contribution in [3.63, 3.8) is 0 Å². The van der Waals surface area contributed by atoms with E-state index in [9.17, 15) is 4.79 Å². The van der Waals surface area contributed by atoms with Crippen molar-refractivity contribution in [2.45, 2.75) is 46.1 Å². The Morgan fingerprint density at radius 1 is 1.47 bits per heavy atom. The number of pyridine rings is 1. The molecule has 1 heterocycles. The molecular weight excluding hydrogens is 216 g/mol. The van der Waals surface area contributed by atoms with Crippen molar-refractivity contribution in [3.8, 4) is 0 Å². The molecule has 0 aliphatic rings. The molecule has 1 aromatic rings. The van der Waals surface area contributed by atoms with Crippen molar-refractivity contribution in [1.29, 1.82) is 0 Å². The molecule has 0 radical (unpaired) electrons. The molecule has 1 rings (SSSR count). The monoisotopic (exact) mass is 236 g/mol. The molecule has 1 atom stereocenters. The zero-order chi connectivity index (χ0) is 12.8. The van der Waals surface area contributed by atoms with Crippen LogP contribution in [0.5, 0.6) is 0 Å². The Bertz CT molecular complexity index is 391. The first kappa shape index (κ1) is 13.5. The summed E-state index contributed by atoms with van der Waals surface area (Å²) in [7, 11) is 0. The standard InChI is InChI=1S/C13H20N2O2/c1-4-6-9(3)14-12-8-10(13(16)17)7-11(5-2)15-12/h7-9H,4-6H2,1-3H3,(H,14,15)(H,16,17). The second kappa shape index (κ2) is 6.23. The number of carboxylic acids is 1. The normalized spacial score (nSPS) is 12.2. The zero-order valence-electron chi connectivity index (χ0n) is 10.7. The van der Waals surface area contributed by atoms with E-state index in [1.165, 1.54) is 0 Å². The molecule has 4 heteroatoms. The van der Waals surface area contributed by atoms with E-state index in [0.717, 1.165) is 25.0 Å². The largest absolute Gasteiger partial charge is 0.478 e. The predicted molar refractivity (Wildman–Crippen MR) is 68.6 cm³/mol. The molecule has 0 bridgehead atoms. The van der Waals surface area contributed by atoms with Gasteiger partial charge in [0, 0.05) is 11.7 Å². The van der Waals surface area contributed by atoms with Crippen LogP contribution in [0.15, 0.2) is 12.1 Å². The number of carbonyl (C=O) groups is 1. The van der Waals surface area contributed by atoms with E-state index in [0.29, 0.717) is 17.4 Å². The van der Waals surface area contributed by atoms with Gasteiger partial charge in [-0.3, -0.25) is 0 Å². The van der Waals surface area contributed by atoms with E-state index in [4.69, 9.17) is 5.11 Å². The highest BCUT2D eigenvalue weighted by Gasteiger charge is 2.09. The van der Waals surface area contributed by atoms with Crippen LogP contribution in [-0.2, 0) is 6.42 Å². The molecular formula is C13H20N2O2. The molecule has 0 amide bonds. The maximum Gasteiger partial charge on any atom is 0.335 e. The summed E-state index contributed by atoms with van der Waals surface area (Å²) in [4.78, 5) is 15.4. The summed E-state index contributed by atoms with van der Waals surface area (Å²) in [5, 5.41) is 12.2. The van der Waals surface area contributed by atoms with Gasteiger partial charge >= 0.3 is 5.97 Å². The van der Waals surface area contributed by atoms with E-state index in [-0.39, 0.29) is 0 Å². The molecule has 2 N–H and O–H groups in total. The van der Waals surface area contributed by atoms with Crippen LogP contribution >= 0.6 is 0 Å². The predicted octanol–water partition coefficient (Wildman–Crippen LogP) is 2.94. The maximum atomic E-state index is 11.0. The Kier molecular flexibility index (Phi) is 4.94. The van der Waals surface area contributed by atoms with Crippen molar-refractivity contribution in [3.05, 3.63) is 23.4 Å². The second-order valence-electron chi connectivity index (χ2n) is 4.23. The number of anilines is 1. The highest BCUT2D eigenvalue weighted by molar-refractivity contribution is 5.88. The summed E-state index contributed by atoms with van der Waals surface area (Å²) in [6, 6.07) is 3.52. The molecule has 17 heavy (non-hydrogen) atoms. The molecule has 0 spiro atoms. The number of hydrogen-bond acceptors (Lipinski definition) is 3. The maximum absolute atomic E-state index is 11.0. The Hall–Kier alpha value is -1.58. The number of aromatic nitrogens is 1. The van der Waals surface area contributed by atoms with Crippen LogP contribution < -0.4 is 5.32 Å². The smallest absolute Gasteiger partial charge is 0.335 e. The lowest BCUT2D eigenvalue weighted by molar-refractivity contribution is 0.0696. The van der Waals surface area contributed by atoms with Gasteiger partial charge in [0.25, 0.3) is 0 Å². The van der Waals surface area contributed by atoms with E-state index in [1.807, 2.05) is 6.92 Å². The topological polar surface area (TPSA) is 62.2 Å². The molecule has 0 aliphatic carbocycles. The molecule has 0 aromatic carbocycles. The number of carboxylic acid groups (broad SMARTS) is 1. The molecule has 0 aliphatic heterocycles. The fourth-order valence-electron chi connectivity index (χ4n) is 1.72. The fraction of sp³-hybridized carbons (Fsp3) is 0.538. The highest BCUT2D eigenvalue weighted by Crippen LogP contribution is 2.13. The van der Waals surface area contributed by atoms with Crippen molar-refractivity contribution >= 4 is 11.8 Å². The SMILES string of the molecule is CCCC(C)Nc1cc(C(=O)O)cc(CC)n1. The Labute approximate surface area is 102 Å². The average Bonchev–Trinajstić information content (AvgIpc) is 2.28. The van der Waals surface area contributed by atoms with E-state index in [1.54, 1.807) is 12.1 Å². The Balaban J connectivity index is 2.90. The average molecular weight is 236 g/mol. The van der Waals surface area contributed by atoms with E-state index >= 15 is 0 Å². The van der Waals surface area contributed by atoms with Crippen LogP contribution in [-0.4, -0.2) is 22.1 Å². The minimum atomic E-state index is -0.909. The van der Waals surface area contributed by atoms with Crippen LogP contribution in [0.1, 0.15) is 49.7 Å². The first-order chi connectivity index (χ1) is 8.06. The van der Waals surface area contributed by atoms with E-state index in [2.05, 4.69) is 24.1 Å². The molecule has 1 aromatic heterocycles. The summed E-state index contributed by atoms with van der Waals surface area (Å²) >= 11 is 0. The Morgan fingerprint density at radius 2 is 2.18 bits per heavy atom. The number of hydrogen-bond donors (Lipinski definition) is 2. The molecule has 0 saturated heterocycles. The number of nitrogens with one attached hydrogen (secondary N) is 1. The lowest BCUT2D eigenvalue weighted by atomic mass is 10.1. The molecule has 0 fully saturated rings. The first-order valence-corrected chi connectivity index (χ1v) is 6.07. The number of aryl methyl sites for hydroxylation is 1. The van der Waals surface area contributed by atoms with Crippen molar-refractivity contribution < 1.29 is 9.90 Å². The van der Waals surface area contributed by atoms with Gasteiger partial charge in [-0.2, -0.15) is 0 Å². The molecule has 1 unspecified atom stereocenters. The van der Waals surface area contributed by atoms with Gasteiger partial charge in [-0.05, 0) is 31.9 Å². The summed E-state index contributed by atoms with van der Waals surface area (Å²) in [5.41, 5.74) is 1.10. The summed E-state index contributed by atoms with van der Waals surface area (Å²) < 4.78 is 0. The van der Waals surface area contributed by atoms with Crippen LogP contribution in [0.4, 0.5) is 5.82 Å². The third-order valence-electron chi connectivity index (χ3n) is 2.60. The van der Waals surface area contributed by atoms with Crippen LogP contribution in [0, 0.1) is 0 Å². The van der Waals surface area contributed by atoms with Gasteiger partial charge in [-0.1, -0.05) is 20.3 Å². The van der Waals surface area contributed by atoms with Gasteiger partial charge in [-0.25, -0.2) is 9.78 Å². The van der Waals surface area contributed by atoms with Crippen LogP contribution in [0.2, 0.25) is 0 Å². The molecule has 0 saturated carbocycles. The number of nitrogens with zero attached hydrogens (tertiary/aromatic N) is 1. The number of rotatable bonds is 6. The van der Waals surface area contributed by atoms with Crippen molar-refractivity contribution in [2.24, 2.45) is 0 Å². The molecule has 94 valence electrons. The van der Waals surface area contributed by atoms with Gasteiger partial charge in [0.2, 0.25) is 0 Å². The van der Waals surface area contributed by atoms with Gasteiger partial charge in [0.15, 0.2) is 0 Å². The Morgan fingerprint density at radius 3 is 2.71 bits per heavy atom. The second-order valence-corrected chi connectivity index (χ2v) is 4.23. The van der Waals surface area contributed by atoms with Gasteiger partial charge in [0.1, 0.15) is 5.82 Å². The molecule has 4 nitrogen and oxygen atoms in total. The summed E-state index contributed by atoms with van der Waals surface area (Å²) in [6.45, 7) is 6.16. The lowest BCUT2D eigenvalue weighted by Gasteiger charge is -2.14. The lowest BCUT2D eigenvalue weighted by Crippen LogP contribution is -2.16. The minimum Gasteiger partial charge on any atom is -0.478 e. The summed E-state index contributed by atoms with van der Waals surface area (Å²) in [5.74, 6) is -0.254. The third kappa shape index (κ3) is 4.06. The van der Waals surface area contributed by atoms with Crippen molar-refractivity contribution in [1.82, 2.24) is 4.98 Å². The van der Waals surface area contributed by atoms with Crippen LogP contribution in [0.3, 0.4) is 0 Å². The quantitative estimate of drug-likeness (QED) is 0.797. The number of aromatic carboxylic acids is 1. The van der Waals surface area contributed by atoms with Crippen LogP contribution in [0.25, 0.3) is 0 Å². The highest BCUT2D eigenvalue weighted by atomic mass is 16.4. The van der Waals surface area contributed by atoms with Gasteiger partial charge in [0.05, 0.1) is 5.56 Å². The zero-order valence-corrected chi connectivity index (χ0v) is 10.7. The first-order valence-electron chi connectivity index (χ1n) is 6.07. The van der Waals surface area contributed by atoms with Crippen molar-refractivity contribution in [2.75, 3.05) is 5.32 Å². The fourth-order valence-corrected chi connectivity index (χ4v) is 1.72.